The number of amides is 2. The topological polar surface area (TPSA) is 86.8 Å². The molecule has 2 rings (SSSR count). The maximum absolute atomic E-state index is 13.1. The zero-order valence-electron chi connectivity index (χ0n) is 19.5. The fraction of sp³-hybridized carbons (Fsp3) is 0.417. The van der Waals surface area contributed by atoms with E-state index in [4.69, 9.17) is 11.6 Å². The molecule has 0 heterocycles. The molecule has 33 heavy (non-hydrogen) atoms. The van der Waals surface area contributed by atoms with Crippen molar-refractivity contribution >= 4 is 33.4 Å². The minimum atomic E-state index is -3.63. The Morgan fingerprint density at radius 3 is 2.21 bits per heavy atom. The molecule has 7 nitrogen and oxygen atoms in total. The van der Waals surface area contributed by atoms with Gasteiger partial charge in [0.15, 0.2) is 0 Å². The van der Waals surface area contributed by atoms with Crippen molar-refractivity contribution < 1.29 is 18.0 Å². The normalized spacial score (nSPS) is 12.6. The van der Waals surface area contributed by atoms with Crippen LogP contribution in [0.25, 0.3) is 0 Å². The summed E-state index contributed by atoms with van der Waals surface area (Å²) in [5, 5.41) is 3.35. The third kappa shape index (κ3) is 7.55. The third-order valence-electron chi connectivity index (χ3n) is 5.21. The summed E-state index contributed by atoms with van der Waals surface area (Å²) in [5.74, 6) is -0.499. The van der Waals surface area contributed by atoms with Gasteiger partial charge >= 0.3 is 0 Å². The first-order chi connectivity index (χ1) is 15.5. The number of carbonyl (C=O) groups is 2. The van der Waals surface area contributed by atoms with Crippen molar-refractivity contribution in [1.82, 2.24) is 14.5 Å². The molecule has 0 aliphatic heterocycles. The van der Waals surface area contributed by atoms with E-state index in [0.29, 0.717) is 11.4 Å². The van der Waals surface area contributed by atoms with Gasteiger partial charge in [0.1, 0.15) is 6.04 Å². The Hall–Kier alpha value is -2.42. The Kier molecular flexibility index (Phi) is 9.88. The van der Waals surface area contributed by atoms with Gasteiger partial charge in [-0.15, -0.1) is 0 Å². The number of benzene rings is 2. The molecule has 1 atom stereocenters. The molecule has 0 radical (unpaired) electrons. The van der Waals surface area contributed by atoms with Crippen molar-refractivity contribution in [2.24, 2.45) is 0 Å². The van der Waals surface area contributed by atoms with Gasteiger partial charge in [0, 0.05) is 37.6 Å². The zero-order chi connectivity index (χ0) is 24.6. The Labute approximate surface area is 201 Å². The van der Waals surface area contributed by atoms with Gasteiger partial charge in [-0.1, -0.05) is 48.0 Å². The van der Waals surface area contributed by atoms with E-state index in [2.05, 4.69) is 5.32 Å². The number of nitrogens with one attached hydrogen (secondary N) is 1. The standard InChI is InChI=1S/C24H32ClN3O4S/c1-18(2)26-24(30)19(3)28(17-20-11-8-9-14-22(20)25)23(29)15-10-16-27(4)33(31,32)21-12-6-5-7-13-21/h5-9,11-14,18-19H,10,15-17H2,1-4H3,(H,26,30)/t19-/m1/s1. The summed E-state index contributed by atoms with van der Waals surface area (Å²) in [5.41, 5.74) is 0.737. The molecule has 180 valence electrons. The second-order valence-electron chi connectivity index (χ2n) is 8.20. The molecule has 0 spiro atoms. The van der Waals surface area contributed by atoms with Crippen molar-refractivity contribution in [1.29, 1.82) is 0 Å². The van der Waals surface area contributed by atoms with Crippen LogP contribution in [0.5, 0.6) is 0 Å². The highest BCUT2D eigenvalue weighted by Gasteiger charge is 2.27. The van der Waals surface area contributed by atoms with Crippen molar-refractivity contribution in [3.05, 3.63) is 65.2 Å². The number of hydrogen-bond donors (Lipinski definition) is 1. The molecule has 0 aliphatic rings. The van der Waals surface area contributed by atoms with Crippen LogP contribution in [-0.2, 0) is 26.2 Å². The zero-order valence-corrected chi connectivity index (χ0v) is 21.1. The smallest absolute Gasteiger partial charge is 0.242 e. The number of carbonyl (C=O) groups excluding carboxylic acids is 2. The molecule has 2 aromatic rings. The first-order valence-corrected chi connectivity index (χ1v) is 12.7. The number of rotatable bonds is 11. The molecular formula is C24H32ClN3O4S. The summed E-state index contributed by atoms with van der Waals surface area (Å²) in [6, 6.07) is 14.6. The van der Waals surface area contributed by atoms with Crippen molar-refractivity contribution in [2.45, 2.75) is 57.1 Å². The predicted molar refractivity (Wildman–Crippen MR) is 130 cm³/mol. The van der Waals surface area contributed by atoms with Gasteiger partial charge in [0.25, 0.3) is 0 Å². The number of sulfonamides is 1. The molecule has 0 saturated heterocycles. The lowest BCUT2D eigenvalue weighted by atomic mass is 10.1. The Balaban J connectivity index is 2.09. The Morgan fingerprint density at radius 1 is 1.00 bits per heavy atom. The number of halogens is 1. The van der Waals surface area contributed by atoms with Gasteiger partial charge in [-0.05, 0) is 51.0 Å². The fourth-order valence-electron chi connectivity index (χ4n) is 3.29. The van der Waals surface area contributed by atoms with Crippen LogP contribution >= 0.6 is 11.6 Å². The van der Waals surface area contributed by atoms with Crippen LogP contribution in [-0.4, -0.2) is 55.1 Å². The lowest BCUT2D eigenvalue weighted by molar-refractivity contribution is -0.140. The van der Waals surface area contributed by atoms with E-state index in [1.807, 2.05) is 26.0 Å². The third-order valence-corrected chi connectivity index (χ3v) is 7.45. The van der Waals surface area contributed by atoms with Gasteiger partial charge in [-0.2, -0.15) is 0 Å². The summed E-state index contributed by atoms with van der Waals surface area (Å²) in [6.45, 7) is 5.75. The van der Waals surface area contributed by atoms with E-state index >= 15 is 0 Å². The van der Waals surface area contributed by atoms with Crippen LogP contribution in [0.1, 0.15) is 39.2 Å². The van der Waals surface area contributed by atoms with Gasteiger partial charge < -0.3 is 10.2 Å². The summed E-state index contributed by atoms with van der Waals surface area (Å²) >= 11 is 6.28. The van der Waals surface area contributed by atoms with E-state index < -0.39 is 16.1 Å². The van der Waals surface area contributed by atoms with Gasteiger partial charge in [0.05, 0.1) is 4.90 Å². The van der Waals surface area contributed by atoms with E-state index in [-0.39, 0.29) is 42.3 Å². The van der Waals surface area contributed by atoms with Crippen LogP contribution in [0, 0.1) is 0 Å². The highest BCUT2D eigenvalue weighted by atomic mass is 35.5. The largest absolute Gasteiger partial charge is 0.352 e. The Morgan fingerprint density at radius 2 is 1.61 bits per heavy atom. The summed E-state index contributed by atoms with van der Waals surface area (Å²) in [7, 11) is -2.13. The SMILES string of the molecule is CC(C)NC(=O)[C@@H](C)N(Cc1ccccc1Cl)C(=O)CCCN(C)S(=O)(=O)c1ccccc1. The molecule has 0 saturated carbocycles. The average molecular weight is 494 g/mol. The monoisotopic (exact) mass is 493 g/mol. The first-order valence-electron chi connectivity index (χ1n) is 10.9. The molecule has 2 amide bonds. The van der Waals surface area contributed by atoms with Crippen molar-refractivity contribution in [2.75, 3.05) is 13.6 Å². The maximum atomic E-state index is 13.1. The summed E-state index contributed by atoms with van der Waals surface area (Å²) in [4.78, 5) is 27.4. The number of hydrogen-bond acceptors (Lipinski definition) is 4. The molecule has 0 bridgehead atoms. The second-order valence-corrected chi connectivity index (χ2v) is 10.6. The Bertz CT molecular complexity index is 1040. The molecule has 0 aliphatic carbocycles. The maximum Gasteiger partial charge on any atom is 0.242 e. The van der Waals surface area contributed by atoms with E-state index in [0.717, 1.165) is 5.56 Å². The highest BCUT2D eigenvalue weighted by molar-refractivity contribution is 7.89. The fourth-order valence-corrected chi connectivity index (χ4v) is 4.71. The van der Waals surface area contributed by atoms with Gasteiger partial charge in [-0.3, -0.25) is 9.59 Å². The minimum absolute atomic E-state index is 0.0611. The quantitative estimate of drug-likeness (QED) is 0.517. The lowest BCUT2D eigenvalue weighted by Gasteiger charge is -2.30. The summed E-state index contributed by atoms with van der Waals surface area (Å²) < 4.78 is 26.6. The van der Waals surface area contributed by atoms with Crippen LogP contribution in [0.3, 0.4) is 0 Å². The van der Waals surface area contributed by atoms with E-state index in [9.17, 15) is 18.0 Å². The molecule has 2 aromatic carbocycles. The second kappa shape index (κ2) is 12.2. The molecule has 9 heteroatoms. The average Bonchev–Trinajstić information content (AvgIpc) is 2.78. The molecule has 0 fully saturated rings. The molecule has 1 N–H and O–H groups in total. The molecule has 0 aromatic heterocycles. The van der Waals surface area contributed by atoms with Gasteiger partial charge in [0.2, 0.25) is 21.8 Å². The summed E-state index contributed by atoms with van der Waals surface area (Å²) in [6.07, 6.45) is 0.414. The first kappa shape index (κ1) is 26.8. The predicted octanol–water partition coefficient (Wildman–Crippen LogP) is 3.68. The lowest BCUT2D eigenvalue weighted by Crippen LogP contribution is -2.49. The molecule has 0 unspecified atom stereocenters. The van der Waals surface area contributed by atoms with Gasteiger partial charge in [-0.25, -0.2) is 12.7 Å². The van der Waals surface area contributed by atoms with Crippen LogP contribution in [0.4, 0.5) is 0 Å². The van der Waals surface area contributed by atoms with Crippen molar-refractivity contribution in [3.8, 4) is 0 Å². The number of nitrogens with zero attached hydrogens (tertiary/aromatic N) is 2. The van der Waals surface area contributed by atoms with Crippen LogP contribution in [0.2, 0.25) is 5.02 Å². The van der Waals surface area contributed by atoms with E-state index in [1.54, 1.807) is 37.3 Å². The van der Waals surface area contributed by atoms with Crippen LogP contribution in [0.15, 0.2) is 59.5 Å². The minimum Gasteiger partial charge on any atom is -0.352 e. The highest BCUT2D eigenvalue weighted by Crippen LogP contribution is 2.20. The van der Waals surface area contributed by atoms with E-state index in [1.165, 1.54) is 28.4 Å². The van der Waals surface area contributed by atoms with Crippen LogP contribution < -0.4 is 5.32 Å². The molecular weight excluding hydrogens is 462 g/mol. The van der Waals surface area contributed by atoms with Crippen molar-refractivity contribution in [3.63, 3.8) is 0 Å².